The minimum Gasteiger partial charge on any atom is -0.505 e. The Morgan fingerprint density at radius 1 is 1.33 bits per heavy atom. The Bertz CT molecular complexity index is 496. The molecule has 0 fully saturated rings. The van der Waals surface area contributed by atoms with Gasteiger partial charge in [0.15, 0.2) is 5.75 Å². The third-order valence-corrected chi connectivity index (χ3v) is 3.82. The van der Waals surface area contributed by atoms with Crippen LogP contribution in [0.5, 0.6) is 5.75 Å². The molecule has 18 heavy (non-hydrogen) atoms. The molecule has 0 atom stereocenters. The average Bonchev–Trinajstić information content (AvgIpc) is 2.25. The first-order chi connectivity index (χ1) is 8.35. The maximum atomic E-state index is 11.6. The van der Waals surface area contributed by atoms with Crippen LogP contribution in [0.4, 0.5) is 5.69 Å². The van der Waals surface area contributed by atoms with E-state index in [1.165, 1.54) is 12.1 Å². The molecule has 2 N–H and O–H groups in total. The molecule has 0 aliphatic heterocycles. The molecule has 0 bridgehead atoms. The van der Waals surface area contributed by atoms with E-state index in [1.807, 2.05) is 0 Å². The van der Waals surface area contributed by atoms with Crippen LogP contribution in [0.25, 0.3) is 0 Å². The molecule has 0 heterocycles. The van der Waals surface area contributed by atoms with Crippen LogP contribution in [0.2, 0.25) is 10.0 Å². The lowest BCUT2D eigenvalue weighted by Gasteiger charge is -2.09. The lowest BCUT2D eigenvalue weighted by atomic mass is 10.3. The molecule has 8 heteroatoms. The number of hydrogen-bond donors (Lipinski definition) is 2. The van der Waals surface area contributed by atoms with Crippen molar-refractivity contribution in [2.45, 2.75) is 6.92 Å². The summed E-state index contributed by atoms with van der Waals surface area (Å²) in [7, 11) is -3.53. The first kappa shape index (κ1) is 15.4. The minimum absolute atomic E-state index is 0.0231. The number of rotatable bonds is 6. The quantitative estimate of drug-likeness (QED) is 0.625. The Morgan fingerprint density at radius 2 is 1.89 bits per heavy atom. The molecule has 1 aromatic rings. The van der Waals surface area contributed by atoms with Crippen LogP contribution in [0.15, 0.2) is 12.1 Å². The fraction of sp³-hybridized carbons (Fsp3) is 0.400. The van der Waals surface area contributed by atoms with Gasteiger partial charge in [0.05, 0.1) is 28.1 Å². The molecular formula is C10H13Cl2NO4S. The van der Waals surface area contributed by atoms with Gasteiger partial charge in [-0.3, -0.25) is 4.72 Å². The topological polar surface area (TPSA) is 75.6 Å². The van der Waals surface area contributed by atoms with Crippen molar-refractivity contribution in [2.24, 2.45) is 0 Å². The van der Waals surface area contributed by atoms with Crippen molar-refractivity contribution in [3.8, 4) is 5.75 Å². The Hall–Kier alpha value is -0.690. The summed E-state index contributed by atoms with van der Waals surface area (Å²) in [6.45, 7) is 2.33. The predicted molar refractivity (Wildman–Crippen MR) is 72.0 cm³/mol. The second-order valence-corrected chi connectivity index (χ2v) is 6.06. The summed E-state index contributed by atoms with van der Waals surface area (Å²) in [5.41, 5.74) is 0.194. The Balaban J connectivity index is 2.78. The van der Waals surface area contributed by atoms with Crippen molar-refractivity contribution in [3.05, 3.63) is 22.2 Å². The van der Waals surface area contributed by atoms with Crippen LogP contribution in [0.1, 0.15) is 6.92 Å². The zero-order chi connectivity index (χ0) is 13.8. The summed E-state index contributed by atoms with van der Waals surface area (Å²) in [5.74, 6) is -0.452. The van der Waals surface area contributed by atoms with E-state index in [4.69, 9.17) is 27.9 Å². The molecule has 5 nitrogen and oxygen atoms in total. The molecule has 1 rings (SSSR count). The molecule has 0 aliphatic rings. The van der Waals surface area contributed by atoms with Gasteiger partial charge in [-0.25, -0.2) is 8.42 Å². The Kier molecular flexibility index (Phi) is 5.52. The monoisotopic (exact) mass is 313 g/mol. The summed E-state index contributed by atoms with van der Waals surface area (Å²) in [6.07, 6.45) is 0. The summed E-state index contributed by atoms with van der Waals surface area (Å²) in [6, 6.07) is 2.56. The number of benzene rings is 1. The smallest absolute Gasteiger partial charge is 0.235 e. The standard InChI is InChI=1S/C10H13Cl2NO4S/c1-2-17-3-4-18(15,16)13-7-5-8(11)10(14)9(12)6-7/h5-6,13-14H,2-4H2,1H3. The van der Waals surface area contributed by atoms with Gasteiger partial charge in [0.25, 0.3) is 0 Å². The van der Waals surface area contributed by atoms with Gasteiger partial charge in [-0.1, -0.05) is 23.2 Å². The van der Waals surface area contributed by atoms with E-state index in [0.717, 1.165) is 0 Å². The molecular weight excluding hydrogens is 301 g/mol. The van der Waals surface area contributed by atoms with Crippen molar-refractivity contribution >= 4 is 38.9 Å². The number of hydrogen-bond acceptors (Lipinski definition) is 4. The van der Waals surface area contributed by atoms with E-state index in [0.29, 0.717) is 6.61 Å². The van der Waals surface area contributed by atoms with E-state index in [2.05, 4.69) is 4.72 Å². The van der Waals surface area contributed by atoms with Gasteiger partial charge in [0, 0.05) is 6.61 Å². The van der Waals surface area contributed by atoms with Gasteiger partial charge in [-0.15, -0.1) is 0 Å². The van der Waals surface area contributed by atoms with Crippen molar-refractivity contribution in [1.82, 2.24) is 0 Å². The van der Waals surface area contributed by atoms with Crippen LogP contribution in [-0.4, -0.2) is 32.5 Å². The highest BCUT2D eigenvalue weighted by Gasteiger charge is 2.13. The Labute approximate surface area is 116 Å². The summed E-state index contributed by atoms with van der Waals surface area (Å²) in [4.78, 5) is 0. The highest BCUT2D eigenvalue weighted by atomic mass is 35.5. The summed E-state index contributed by atoms with van der Waals surface area (Å²) >= 11 is 11.4. The van der Waals surface area contributed by atoms with E-state index < -0.39 is 10.0 Å². The van der Waals surface area contributed by atoms with Gasteiger partial charge in [0.2, 0.25) is 10.0 Å². The van der Waals surface area contributed by atoms with Gasteiger partial charge in [-0.2, -0.15) is 0 Å². The first-order valence-corrected chi connectivity index (χ1v) is 7.53. The van der Waals surface area contributed by atoms with Crippen LogP contribution in [-0.2, 0) is 14.8 Å². The lowest BCUT2D eigenvalue weighted by molar-refractivity contribution is 0.163. The maximum Gasteiger partial charge on any atom is 0.235 e. The molecule has 0 radical (unpaired) electrons. The number of halogens is 2. The molecule has 0 amide bonds. The lowest BCUT2D eigenvalue weighted by Crippen LogP contribution is -2.20. The van der Waals surface area contributed by atoms with Crippen molar-refractivity contribution in [1.29, 1.82) is 0 Å². The number of sulfonamides is 1. The summed E-state index contributed by atoms with van der Waals surface area (Å²) in [5, 5.41) is 9.30. The van der Waals surface area contributed by atoms with E-state index in [-0.39, 0.29) is 33.8 Å². The zero-order valence-corrected chi connectivity index (χ0v) is 11.9. The number of nitrogens with one attached hydrogen (secondary N) is 1. The molecule has 0 saturated carbocycles. The number of anilines is 1. The van der Waals surface area contributed by atoms with Gasteiger partial charge < -0.3 is 9.84 Å². The fourth-order valence-electron chi connectivity index (χ4n) is 1.17. The minimum atomic E-state index is -3.53. The zero-order valence-electron chi connectivity index (χ0n) is 9.61. The fourth-order valence-corrected chi connectivity index (χ4v) is 2.57. The normalized spacial score (nSPS) is 11.5. The molecule has 102 valence electrons. The molecule has 0 spiro atoms. The van der Waals surface area contributed by atoms with Crippen LogP contribution in [0, 0.1) is 0 Å². The largest absolute Gasteiger partial charge is 0.505 e. The van der Waals surface area contributed by atoms with Crippen LogP contribution in [0.3, 0.4) is 0 Å². The average molecular weight is 314 g/mol. The van der Waals surface area contributed by atoms with E-state index in [1.54, 1.807) is 6.92 Å². The second kappa shape index (κ2) is 6.47. The maximum absolute atomic E-state index is 11.6. The van der Waals surface area contributed by atoms with Gasteiger partial charge in [0.1, 0.15) is 0 Å². The van der Waals surface area contributed by atoms with Crippen molar-refractivity contribution in [3.63, 3.8) is 0 Å². The highest BCUT2D eigenvalue weighted by molar-refractivity contribution is 7.92. The number of aromatic hydroxyl groups is 1. The first-order valence-electron chi connectivity index (χ1n) is 5.12. The molecule has 0 aromatic heterocycles. The molecule has 0 saturated heterocycles. The molecule has 0 unspecified atom stereocenters. The third kappa shape index (κ3) is 4.53. The predicted octanol–water partition coefficient (Wildman–Crippen LogP) is 2.48. The number of phenols is 1. The third-order valence-electron chi connectivity index (χ3n) is 1.99. The van der Waals surface area contributed by atoms with Gasteiger partial charge in [-0.05, 0) is 19.1 Å². The van der Waals surface area contributed by atoms with E-state index in [9.17, 15) is 13.5 Å². The van der Waals surface area contributed by atoms with Gasteiger partial charge >= 0.3 is 0 Å². The van der Waals surface area contributed by atoms with Crippen molar-refractivity contribution < 1.29 is 18.3 Å². The van der Waals surface area contributed by atoms with Crippen LogP contribution < -0.4 is 4.72 Å². The molecule has 0 aliphatic carbocycles. The molecule has 1 aromatic carbocycles. The van der Waals surface area contributed by atoms with E-state index >= 15 is 0 Å². The van der Waals surface area contributed by atoms with Crippen LogP contribution >= 0.6 is 23.2 Å². The van der Waals surface area contributed by atoms with Crippen molar-refractivity contribution in [2.75, 3.05) is 23.7 Å². The number of ether oxygens (including phenoxy) is 1. The SMILES string of the molecule is CCOCCS(=O)(=O)Nc1cc(Cl)c(O)c(Cl)c1. The second-order valence-electron chi connectivity index (χ2n) is 3.41. The number of phenolic OH excluding ortho intramolecular Hbond substituents is 1. The Morgan fingerprint density at radius 3 is 2.39 bits per heavy atom. The summed E-state index contributed by atoms with van der Waals surface area (Å²) < 4.78 is 30.5. The highest BCUT2D eigenvalue weighted by Crippen LogP contribution is 2.34.